The van der Waals surface area contributed by atoms with Gasteiger partial charge in [0.25, 0.3) is 0 Å². The third-order valence-electron chi connectivity index (χ3n) is 2.67. The zero-order chi connectivity index (χ0) is 11.1. The molecule has 0 atom stereocenters. The van der Waals surface area contributed by atoms with Crippen molar-refractivity contribution in [2.45, 2.75) is 26.2 Å². The van der Waals surface area contributed by atoms with Crippen LogP contribution in [0.5, 0.6) is 0 Å². The molecule has 0 bridgehead atoms. The lowest BCUT2D eigenvalue weighted by molar-refractivity contribution is -0.131. The van der Waals surface area contributed by atoms with E-state index in [9.17, 15) is 4.79 Å². The molecular weight excluding hydrogens is 188 g/mol. The molecule has 1 aliphatic heterocycles. The van der Waals surface area contributed by atoms with Crippen LogP contribution in [0.15, 0.2) is 0 Å². The van der Waals surface area contributed by atoms with Gasteiger partial charge in [0, 0.05) is 13.1 Å². The van der Waals surface area contributed by atoms with Gasteiger partial charge in [0.1, 0.15) is 0 Å². The Morgan fingerprint density at radius 1 is 1.47 bits per heavy atom. The summed E-state index contributed by atoms with van der Waals surface area (Å²) in [6.45, 7) is 5.92. The quantitative estimate of drug-likeness (QED) is 0.628. The van der Waals surface area contributed by atoms with Crippen molar-refractivity contribution in [3.05, 3.63) is 0 Å². The minimum atomic E-state index is 0.233. The Kier molecular flexibility index (Phi) is 5.20. The van der Waals surface area contributed by atoms with Gasteiger partial charge in [0.2, 0.25) is 5.91 Å². The molecule has 15 heavy (non-hydrogen) atoms. The molecule has 1 amide bonds. The molecule has 0 aromatic heterocycles. The van der Waals surface area contributed by atoms with Crippen LogP contribution in [0.25, 0.3) is 0 Å². The Balaban J connectivity index is 2.35. The molecule has 3 nitrogen and oxygen atoms in total. The molecule has 0 aliphatic carbocycles. The normalized spacial score (nSPS) is 15.7. The van der Waals surface area contributed by atoms with Crippen molar-refractivity contribution in [1.82, 2.24) is 9.80 Å². The number of carbonyl (C=O) groups is 1. The molecule has 0 N–H and O–H groups in total. The number of carbonyl (C=O) groups excluding carboxylic acids is 1. The first kappa shape index (κ1) is 12.1. The fourth-order valence-corrected chi connectivity index (χ4v) is 1.92. The van der Waals surface area contributed by atoms with Crippen LogP contribution in [0.3, 0.4) is 0 Å². The van der Waals surface area contributed by atoms with Crippen LogP contribution in [0.1, 0.15) is 26.2 Å². The van der Waals surface area contributed by atoms with E-state index in [1.54, 1.807) is 0 Å². The summed E-state index contributed by atoms with van der Waals surface area (Å²) in [6.07, 6.45) is 8.60. The molecule has 1 fully saturated rings. The first-order chi connectivity index (χ1) is 7.27. The monoisotopic (exact) mass is 208 g/mol. The highest BCUT2D eigenvalue weighted by atomic mass is 16.2. The second kappa shape index (κ2) is 6.47. The smallest absolute Gasteiger partial charge is 0.236 e. The van der Waals surface area contributed by atoms with E-state index in [2.05, 4.69) is 12.8 Å². The Bertz CT molecular complexity index is 238. The topological polar surface area (TPSA) is 23.6 Å². The van der Waals surface area contributed by atoms with Gasteiger partial charge in [0.15, 0.2) is 0 Å². The van der Waals surface area contributed by atoms with Crippen molar-refractivity contribution in [2.24, 2.45) is 0 Å². The van der Waals surface area contributed by atoms with E-state index in [0.717, 1.165) is 38.9 Å². The van der Waals surface area contributed by atoms with Crippen molar-refractivity contribution in [1.29, 1.82) is 0 Å². The fraction of sp³-hybridized carbons (Fsp3) is 0.750. The van der Waals surface area contributed by atoms with Gasteiger partial charge in [-0.05, 0) is 25.8 Å². The average molecular weight is 208 g/mol. The van der Waals surface area contributed by atoms with Crippen LogP contribution in [-0.2, 0) is 4.79 Å². The van der Waals surface area contributed by atoms with E-state index in [-0.39, 0.29) is 5.91 Å². The molecule has 84 valence electrons. The van der Waals surface area contributed by atoms with E-state index < -0.39 is 0 Å². The minimum Gasteiger partial charge on any atom is -0.342 e. The second-order valence-corrected chi connectivity index (χ2v) is 4.00. The van der Waals surface area contributed by atoms with Crippen molar-refractivity contribution in [3.63, 3.8) is 0 Å². The summed E-state index contributed by atoms with van der Waals surface area (Å²) in [5, 5.41) is 0. The van der Waals surface area contributed by atoms with E-state index in [4.69, 9.17) is 6.42 Å². The van der Waals surface area contributed by atoms with Crippen molar-refractivity contribution >= 4 is 5.91 Å². The second-order valence-electron chi connectivity index (χ2n) is 4.00. The highest BCUT2D eigenvalue weighted by Crippen LogP contribution is 2.08. The maximum absolute atomic E-state index is 11.8. The number of rotatable bonds is 5. The van der Waals surface area contributed by atoms with Crippen molar-refractivity contribution in [3.8, 4) is 12.3 Å². The zero-order valence-corrected chi connectivity index (χ0v) is 9.54. The summed E-state index contributed by atoms with van der Waals surface area (Å²) in [5.41, 5.74) is 0. The molecule has 0 radical (unpaired) electrons. The molecule has 0 unspecified atom stereocenters. The average Bonchev–Trinajstić information content (AvgIpc) is 2.71. The van der Waals surface area contributed by atoms with E-state index in [1.807, 2.05) is 9.80 Å². The minimum absolute atomic E-state index is 0.233. The zero-order valence-electron chi connectivity index (χ0n) is 9.54. The van der Waals surface area contributed by atoms with Crippen LogP contribution < -0.4 is 0 Å². The number of amides is 1. The lowest BCUT2D eigenvalue weighted by Gasteiger charge is -2.22. The summed E-state index contributed by atoms with van der Waals surface area (Å²) in [5.74, 6) is 2.84. The van der Waals surface area contributed by atoms with Gasteiger partial charge < -0.3 is 4.90 Å². The van der Waals surface area contributed by atoms with E-state index in [1.165, 1.54) is 0 Å². The van der Waals surface area contributed by atoms with Gasteiger partial charge in [-0.2, -0.15) is 0 Å². The lowest BCUT2D eigenvalue weighted by Crippen LogP contribution is -2.39. The Morgan fingerprint density at radius 3 is 2.67 bits per heavy atom. The fourth-order valence-electron chi connectivity index (χ4n) is 1.92. The number of terminal acetylenes is 1. The van der Waals surface area contributed by atoms with Gasteiger partial charge in [-0.1, -0.05) is 12.8 Å². The molecule has 3 heteroatoms. The molecule has 1 rings (SSSR count). The van der Waals surface area contributed by atoms with Crippen LogP contribution in [0, 0.1) is 12.3 Å². The number of hydrogen-bond donors (Lipinski definition) is 0. The first-order valence-electron chi connectivity index (χ1n) is 5.71. The van der Waals surface area contributed by atoms with Gasteiger partial charge >= 0.3 is 0 Å². The highest BCUT2D eigenvalue weighted by molar-refractivity contribution is 5.78. The maximum Gasteiger partial charge on any atom is 0.236 e. The van der Waals surface area contributed by atoms with Crippen molar-refractivity contribution in [2.75, 3.05) is 32.7 Å². The maximum atomic E-state index is 11.8. The summed E-state index contributed by atoms with van der Waals surface area (Å²) >= 11 is 0. The van der Waals surface area contributed by atoms with E-state index in [0.29, 0.717) is 13.1 Å². The third-order valence-corrected chi connectivity index (χ3v) is 2.67. The van der Waals surface area contributed by atoms with Gasteiger partial charge in [-0.25, -0.2) is 0 Å². The molecular formula is C12H20N2O. The van der Waals surface area contributed by atoms with Gasteiger partial charge in [-0.15, -0.1) is 6.42 Å². The van der Waals surface area contributed by atoms with E-state index >= 15 is 0 Å². The first-order valence-corrected chi connectivity index (χ1v) is 5.71. The number of nitrogens with zero attached hydrogens (tertiary/aromatic N) is 2. The number of hydrogen-bond acceptors (Lipinski definition) is 2. The molecule has 1 heterocycles. The summed E-state index contributed by atoms with van der Waals surface area (Å²) in [7, 11) is 0. The van der Waals surface area contributed by atoms with Gasteiger partial charge in [-0.3, -0.25) is 9.69 Å². The van der Waals surface area contributed by atoms with Crippen LogP contribution >= 0.6 is 0 Å². The molecule has 0 saturated carbocycles. The summed E-state index contributed by atoms with van der Waals surface area (Å²) in [6, 6.07) is 0. The Hall–Kier alpha value is -1.01. The molecule has 1 aliphatic rings. The standard InChI is InChI=1S/C12H20N2O/c1-3-7-13(8-4-2)11-12(15)14-9-5-6-10-14/h1H,4-11H2,2H3. The lowest BCUT2D eigenvalue weighted by atomic mass is 10.3. The highest BCUT2D eigenvalue weighted by Gasteiger charge is 2.19. The summed E-state index contributed by atoms with van der Waals surface area (Å²) < 4.78 is 0. The van der Waals surface area contributed by atoms with Crippen LogP contribution in [0.4, 0.5) is 0 Å². The van der Waals surface area contributed by atoms with Crippen molar-refractivity contribution < 1.29 is 4.79 Å². The van der Waals surface area contributed by atoms with Crippen LogP contribution in [-0.4, -0.2) is 48.4 Å². The third kappa shape index (κ3) is 3.93. The molecule has 1 saturated heterocycles. The summed E-state index contributed by atoms with van der Waals surface area (Å²) in [4.78, 5) is 15.8. The molecule has 0 spiro atoms. The largest absolute Gasteiger partial charge is 0.342 e. The van der Waals surface area contributed by atoms with Crippen LogP contribution in [0.2, 0.25) is 0 Å². The molecule has 0 aromatic rings. The number of likely N-dealkylation sites (tertiary alicyclic amines) is 1. The Morgan fingerprint density at radius 2 is 2.13 bits per heavy atom. The predicted molar refractivity (Wildman–Crippen MR) is 61.4 cm³/mol. The van der Waals surface area contributed by atoms with Gasteiger partial charge in [0.05, 0.1) is 13.1 Å². The SMILES string of the molecule is C#CCN(CCC)CC(=O)N1CCCC1. The predicted octanol–water partition coefficient (Wildman–Crippen LogP) is 0.954. The Labute approximate surface area is 92.4 Å². The molecule has 0 aromatic carbocycles.